The summed E-state index contributed by atoms with van der Waals surface area (Å²) in [5, 5.41) is 0. The zero-order chi connectivity index (χ0) is 15.1. The van der Waals surface area contributed by atoms with Gasteiger partial charge < -0.3 is 4.74 Å². The summed E-state index contributed by atoms with van der Waals surface area (Å²) in [4.78, 5) is 13.7. The van der Waals surface area contributed by atoms with Gasteiger partial charge >= 0.3 is 0 Å². The molecule has 0 radical (unpaired) electrons. The summed E-state index contributed by atoms with van der Waals surface area (Å²) in [5.74, 6) is 1.55. The summed E-state index contributed by atoms with van der Waals surface area (Å²) < 4.78 is 5.21. The fourth-order valence-electron chi connectivity index (χ4n) is 2.93. The average Bonchev–Trinajstić information content (AvgIpc) is 2.95. The van der Waals surface area contributed by atoms with Gasteiger partial charge in [-0.1, -0.05) is 37.3 Å². The van der Waals surface area contributed by atoms with Crippen LogP contribution < -0.4 is 4.74 Å². The SMILES string of the molecule is COc1ccnc(-c2cccc3c2C2=CC=CC(C)C2=N3)n1. The van der Waals surface area contributed by atoms with Crippen molar-refractivity contribution in [2.45, 2.75) is 6.92 Å². The van der Waals surface area contributed by atoms with Gasteiger partial charge in [-0.2, -0.15) is 4.98 Å². The van der Waals surface area contributed by atoms with E-state index in [4.69, 9.17) is 9.73 Å². The molecule has 0 fully saturated rings. The standard InChI is InChI=1S/C18H15N3O/c1-11-5-3-6-12-16-13(7-4-8-14(16)20-17(11)12)18-19-10-9-15(21-18)22-2/h3-11H,1-2H3. The Morgan fingerprint density at radius 2 is 2.09 bits per heavy atom. The fraction of sp³-hybridized carbons (Fsp3) is 0.167. The summed E-state index contributed by atoms with van der Waals surface area (Å²) in [7, 11) is 1.61. The third-order valence-electron chi connectivity index (χ3n) is 4.00. The second kappa shape index (κ2) is 4.91. The molecule has 0 spiro atoms. The molecule has 4 rings (SSSR count). The van der Waals surface area contributed by atoms with E-state index in [-0.39, 0.29) is 0 Å². The van der Waals surface area contributed by atoms with E-state index in [1.807, 2.05) is 18.2 Å². The number of benzene rings is 1. The number of fused-ring (bicyclic) bond motifs is 3. The Hall–Kier alpha value is -2.75. The van der Waals surface area contributed by atoms with Gasteiger partial charge in [-0.25, -0.2) is 4.98 Å². The van der Waals surface area contributed by atoms with Crippen LogP contribution in [0.5, 0.6) is 5.88 Å². The second-order valence-electron chi connectivity index (χ2n) is 5.37. The zero-order valence-corrected chi connectivity index (χ0v) is 12.4. The quantitative estimate of drug-likeness (QED) is 0.844. The molecule has 4 nitrogen and oxygen atoms in total. The number of allylic oxidation sites excluding steroid dienone is 4. The first-order chi connectivity index (χ1) is 10.8. The Labute approximate surface area is 128 Å². The third-order valence-corrected chi connectivity index (χ3v) is 4.00. The molecule has 1 aromatic heterocycles. The zero-order valence-electron chi connectivity index (χ0n) is 12.4. The Bertz CT molecular complexity index is 849. The Balaban J connectivity index is 1.91. The smallest absolute Gasteiger partial charge is 0.216 e. The van der Waals surface area contributed by atoms with E-state index in [1.54, 1.807) is 19.4 Å². The topological polar surface area (TPSA) is 47.4 Å². The molecule has 1 aliphatic carbocycles. The molecular weight excluding hydrogens is 274 g/mol. The largest absolute Gasteiger partial charge is 0.481 e. The van der Waals surface area contributed by atoms with Crippen LogP contribution in [0.25, 0.3) is 17.0 Å². The number of rotatable bonds is 2. The van der Waals surface area contributed by atoms with Gasteiger partial charge in [0.2, 0.25) is 5.88 Å². The van der Waals surface area contributed by atoms with Gasteiger partial charge in [-0.3, -0.25) is 4.99 Å². The van der Waals surface area contributed by atoms with Crippen LogP contribution in [0.1, 0.15) is 12.5 Å². The van der Waals surface area contributed by atoms with E-state index in [0.717, 1.165) is 22.5 Å². The highest BCUT2D eigenvalue weighted by Gasteiger charge is 2.28. The van der Waals surface area contributed by atoms with Crippen molar-refractivity contribution in [1.82, 2.24) is 9.97 Å². The number of ether oxygens (including phenoxy) is 1. The van der Waals surface area contributed by atoms with Crippen LogP contribution in [0.3, 0.4) is 0 Å². The minimum absolute atomic E-state index is 0.325. The first kappa shape index (κ1) is 13.0. The van der Waals surface area contributed by atoms with Crippen LogP contribution in [0.4, 0.5) is 5.69 Å². The Kier molecular flexibility index (Phi) is 2.89. The monoisotopic (exact) mass is 289 g/mol. The normalized spacial score (nSPS) is 18.4. The minimum Gasteiger partial charge on any atom is -0.481 e. The molecule has 1 atom stereocenters. The molecular formula is C18H15N3O. The number of nitrogens with zero attached hydrogens (tertiary/aromatic N) is 3. The van der Waals surface area contributed by atoms with Crippen LogP contribution in [-0.2, 0) is 0 Å². The van der Waals surface area contributed by atoms with Crippen LogP contribution in [0.2, 0.25) is 0 Å². The molecule has 108 valence electrons. The van der Waals surface area contributed by atoms with Gasteiger partial charge in [0.15, 0.2) is 5.82 Å². The number of methoxy groups -OCH3 is 1. The number of hydrogen-bond donors (Lipinski definition) is 0. The van der Waals surface area contributed by atoms with Gasteiger partial charge in [-0.15, -0.1) is 0 Å². The average molecular weight is 289 g/mol. The molecule has 0 amide bonds. The van der Waals surface area contributed by atoms with E-state index in [1.165, 1.54) is 5.57 Å². The molecule has 0 saturated heterocycles. The number of aliphatic imine (C=N–C) groups is 1. The van der Waals surface area contributed by atoms with Crippen molar-refractivity contribution >= 4 is 17.0 Å². The lowest BCUT2D eigenvalue weighted by Gasteiger charge is -2.14. The van der Waals surface area contributed by atoms with Crippen molar-refractivity contribution in [2.75, 3.05) is 7.11 Å². The van der Waals surface area contributed by atoms with Gasteiger partial charge in [0.25, 0.3) is 0 Å². The highest BCUT2D eigenvalue weighted by molar-refractivity contribution is 6.32. The van der Waals surface area contributed by atoms with Crippen molar-refractivity contribution in [3.05, 3.63) is 54.3 Å². The summed E-state index contributed by atoms with van der Waals surface area (Å²) in [6, 6.07) is 7.82. The predicted molar refractivity (Wildman–Crippen MR) is 87.4 cm³/mol. The molecule has 0 N–H and O–H groups in total. The van der Waals surface area contributed by atoms with Crippen LogP contribution in [0.15, 0.2) is 53.7 Å². The van der Waals surface area contributed by atoms with Crippen molar-refractivity contribution in [1.29, 1.82) is 0 Å². The summed E-state index contributed by atoms with van der Waals surface area (Å²) in [6.07, 6.45) is 8.09. The van der Waals surface area contributed by atoms with Gasteiger partial charge in [0.1, 0.15) is 0 Å². The van der Waals surface area contributed by atoms with Crippen LogP contribution >= 0.6 is 0 Å². The lowest BCUT2D eigenvalue weighted by Crippen LogP contribution is -2.10. The van der Waals surface area contributed by atoms with Crippen molar-refractivity contribution in [2.24, 2.45) is 10.9 Å². The summed E-state index contributed by atoms with van der Waals surface area (Å²) in [5.41, 5.74) is 5.38. The number of hydrogen-bond acceptors (Lipinski definition) is 4. The molecule has 1 aliphatic heterocycles. The van der Waals surface area contributed by atoms with Crippen molar-refractivity contribution < 1.29 is 4.74 Å². The number of aromatic nitrogens is 2. The maximum Gasteiger partial charge on any atom is 0.216 e. The summed E-state index contributed by atoms with van der Waals surface area (Å²) >= 11 is 0. The molecule has 2 heterocycles. The maximum atomic E-state index is 5.21. The molecule has 4 heteroatoms. The minimum atomic E-state index is 0.325. The Morgan fingerprint density at radius 1 is 1.18 bits per heavy atom. The lowest BCUT2D eigenvalue weighted by molar-refractivity contribution is 0.397. The Morgan fingerprint density at radius 3 is 2.95 bits per heavy atom. The van der Waals surface area contributed by atoms with Gasteiger partial charge in [0.05, 0.1) is 18.5 Å². The molecule has 1 unspecified atom stereocenters. The molecule has 2 aliphatic rings. The van der Waals surface area contributed by atoms with E-state index in [9.17, 15) is 0 Å². The van der Waals surface area contributed by atoms with Crippen LogP contribution in [-0.4, -0.2) is 22.8 Å². The third kappa shape index (κ3) is 1.88. The van der Waals surface area contributed by atoms with Crippen molar-refractivity contribution in [3.8, 4) is 17.3 Å². The molecule has 1 aromatic carbocycles. The lowest BCUT2D eigenvalue weighted by atomic mass is 9.88. The first-order valence-electron chi connectivity index (χ1n) is 7.26. The molecule has 0 bridgehead atoms. The highest BCUT2D eigenvalue weighted by Crippen LogP contribution is 2.43. The molecule has 0 saturated carbocycles. The maximum absolute atomic E-state index is 5.21. The molecule has 22 heavy (non-hydrogen) atoms. The van der Waals surface area contributed by atoms with Gasteiger partial charge in [-0.05, 0) is 6.07 Å². The second-order valence-corrected chi connectivity index (χ2v) is 5.37. The van der Waals surface area contributed by atoms with Crippen molar-refractivity contribution in [3.63, 3.8) is 0 Å². The van der Waals surface area contributed by atoms with E-state index in [2.05, 4.69) is 35.1 Å². The molecule has 2 aromatic rings. The van der Waals surface area contributed by atoms with E-state index in [0.29, 0.717) is 17.6 Å². The van der Waals surface area contributed by atoms with Crippen LogP contribution in [0, 0.1) is 5.92 Å². The summed E-state index contributed by atoms with van der Waals surface area (Å²) in [6.45, 7) is 2.16. The van der Waals surface area contributed by atoms with Gasteiger partial charge in [0, 0.05) is 34.9 Å². The highest BCUT2D eigenvalue weighted by atomic mass is 16.5. The van der Waals surface area contributed by atoms with E-state index >= 15 is 0 Å². The first-order valence-corrected chi connectivity index (χ1v) is 7.26. The van der Waals surface area contributed by atoms with E-state index < -0.39 is 0 Å². The predicted octanol–water partition coefficient (Wildman–Crippen LogP) is 3.83. The fourth-order valence-corrected chi connectivity index (χ4v) is 2.93.